The predicted molar refractivity (Wildman–Crippen MR) is 81.5 cm³/mol. The Morgan fingerprint density at radius 2 is 2.00 bits per heavy atom. The Morgan fingerprint density at radius 3 is 2.65 bits per heavy atom. The van der Waals surface area contributed by atoms with Crippen LogP contribution in [0.5, 0.6) is 5.75 Å². The molecule has 0 bridgehead atoms. The third-order valence-corrected chi connectivity index (χ3v) is 3.87. The molecule has 5 heteroatoms. The van der Waals surface area contributed by atoms with Gasteiger partial charge in [-0.25, -0.2) is 0 Å². The van der Waals surface area contributed by atoms with Crippen molar-refractivity contribution in [1.29, 1.82) is 0 Å². The molecule has 1 heterocycles. The lowest BCUT2D eigenvalue weighted by Gasteiger charge is -2.30. The van der Waals surface area contributed by atoms with Crippen LogP contribution in [0.1, 0.15) is 12.8 Å². The van der Waals surface area contributed by atoms with Crippen molar-refractivity contribution in [3.63, 3.8) is 0 Å². The molecular weight excluding hydrogens is 276 g/mol. The molecular formula is C15H23ClN2O2. The summed E-state index contributed by atoms with van der Waals surface area (Å²) in [6.45, 7) is 3.10. The zero-order valence-corrected chi connectivity index (χ0v) is 12.6. The number of piperidine rings is 1. The zero-order chi connectivity index (χ0) is 14.4. The van der Waals surface area contributed by atoms with Crippen molar-refractivity contribution < 1.29 is 9.84 Å². The van der Waals surface area contributed by atoms with E-state index in [0.29, 0.717) is 24.2 Å². The van der Waals surface area contributed by atoms with Crippen LogP contribution in [0.2, 0.25) is 5.02 Å². The van der Waals surface area contributed by atoms with Gasteiger partial charge in [-0.3, -0.25) is 0 Å². The monoisotopic (exact) mass is 298 g/mol. The molecule has 0 saturated carbocycles. The van der Waals surface area contributed by atoms with E-state index in [2.05, 4.69) is 17.3 Å². The topological polar surface area (TPSA) is 44.7 Å². The average molecular weight is 299 g/mol. The van der Waals surface area contributed by atoms with Crippen LogP contribution in [0.25, 0.3) is 0 Å². The van der Waals surface area contributed by atoms with E-state index in [1.807, 2.05) is 0 Å². The molecule has 20 heavy (non-hydrogen) atoms. The van der Waals surface area contributed by atoms with Gasteiger partial charge in [-0.1, -0.05) is 11.6 Å². The Balaban J connectivity index is 1.62. The maximum absolute atomic E-state index is 9.92. The van der Waals surface area contributed by atoms with Gasteiger partial charge in [0, 0.05) is 17.6 Å². The summed E-state index contributed by atoms with van der Waals surface area (Å²) >= 11 is 5.80. The van der Waals surface area contributed by atoms with E-state index in [-0.39, 0.29) is 0 Å². The molecule has 1 aliphatic heterocycles. The Bertz CT molecular complexity index is 391. The highest BCUT2D eigenvalue weighted by atomic mass is 35.5. The molecule has 0 aliphatic carbocycles. The number of aliphatic hydroxyl groups is 1. The van der Waals surface area contributed by atoms with Crippen LogP contribution in [-0.4, -0.2) is 55.4 Å². The van der Waals surface area contributed by atoms with Crippen LogP contribution in [0.3, 0.4) is 0 Å². The van der Waals surface area contributed by atoms with Crippen LogP contribution in [0.15, 0.2) is 24.3 Å². The summed E-state index contributed by atoms with van der Waals surface area (Å²) in [6.07, 6.45) is 1.79. The summed E-state index contributed by atoms with van der Waals surface area (Å²) in [4.78, 5) is 2.33. The third kappa shape index (κ3) is 5.29. The van der Waals surface area contributed by atoms with E-state index < -0.39 is 6.10 Å². The molecule has 1 aromatic carbocycles. The van der Waals surface area contributed by atoms with Gasteiger partial charge in [0.25, 0.3) is 0 Å². The highest BCUT2D eigenvalue weighted by Gasteiger charge is 2.17. The Hall–Kier alpha value is -0.810. The lowest BCUT2D eigenvalue weighted by atomic mass is 10.1. The maximum Gasteiger partial charge on any atom is 0.119 e. The van der Waals surface area contributed by atoms with Gasteiger partial charge in [0.1, 0.15) is 18.5 Å². The van der Waals surface area contributed by atoms with Crippen LogP contribution in [0.4, 0.5) is 0 Å². The molecule has 2 rings (SSSR count). The van der Waals surface area contributed by atoms with Gasteiger partial charge < -0.3 is 20.1 Å². The number of halogens is 1. The lowest BCUT2D eigenvalue weighted by Crippen LogP contribution is -2.44. The highest BCUT2D eigenvalue weighted by molar-refractivity contribution is 6.30. The number of likely N-dealkylation sites (tertiary alicyclic amines) is 1. The second-order valence-corrected chi connectivity index (χ2v) is 5.84. The summed E-state index contributed by atoms with van der Waals surface area (Å²) in [6, 6.07) is 7.68. The fourth-order valence-corrected chi connectivity index (χ4v) is 2.42. The maximum atomic E-state index is 9.92. The minimum atomic E-state index is -0.495. The van der Waals surface area contributed by atoms with Gasteiger partial charge in [-0.05, 0) is 57.2 Å². The predicted octanol–water partition coefficient (Wildman–Crippen LogP) is 1.76. The summed E-state index contributed by atoms with van der Waals surface area (Å²) in [5.74, 6) is 0.729. The fourth-order valence-electron chi connectivity index (χ4n) is 2.30. The number of hydrogen-bond acceptors (Lipinski definition) is 4. The van der Waals surface area contributed by atoms with Gasteiger partial charge in [0.15, 0.2) is 0 Å². The third-order valence-electron chi connectivity index (χ3n) is 3.62. The normalized spacial score (nSPS) is 18.9. The van der Waals surface area contributed by atoms with Crippen molar-refractivity contribution in [2.45, 2.75) is 25.0 Å². The van der Waals surface area contributed by atoms with Gasteiger partial charge in [0.05, 0.1) is 0 Å². The number of hydrogen-bond donors (Lipinski definition) is 2. The largest absolute Gasteiger partial charge is 0.491 e. The van der Waals surface area contributed by atoms with Crippen molar-refractivity contribution in [2.75, 3.05) is 33.3 Å². The molecule has 1 unspecified atom stereocenters. The number of benzene rings is 1. The number of nitrogens with zero attached hydrogens (tertiary/aromatic N) is 1. The fraction of sp³-hybridized carbons (Fsp3) is 0.600. The molecule has 1 saturated heterocycles. The van der Waals surface area contributed by atoms with Gasteiger partial charge in [-0.15, -0.1) is 0 Å². The molecule has 0 aromatic heterocycles. The van der Waals surface area contributed by atoms with E-state index in [1.54, 1.807) is 24.3 Å². The van der Waals surface area contributed by atoms with Gasteiger partial charge in [-0.2, -0.15) is 0 Å². The second kappa shape index (κ2) is 7.84. The average Bonchev–Trinajstić information content (AvgIpc) is 2.46. The van der Waals surface area contributed by atoms with E-state index in [4.69, 9.17) is 16.3 Å². The molecule has 4 nitrogen and oxygen atoms in total. The van der Waals surface area contributed by atoms with E-state index in [1.165, 1.54) is 0 Å². The van der Waals surface area contributed by atoms with Crippen molar-refractivity contribution in [3.05, 3.63) is 29.3 Å². The Morgan fingerprint density at radius 1 is 1.35 bits per heavy atom. The Labute approximate surface area is 125 Å². The SMILES string of the molecule is CN1CCC(NCC(O)COc2ccc(Cl)cc2)CC1. The quantitative estimate of drug-likeness (QED) is 0.840. The standard InChI is InChI=1S/C15H23ClN2O2/c1-18-8-6-13(7-9-18)17-10-14(19)11-20-15-4-2-12(16)3-5-15/h2-5,13-14,17,19H,6-11H2,1H3. The summed E-state index contributed by atoms with van der Waals surface area (Å²) in [5.41, 5.74) is 0. The minimum Gasteiger partial charge on any atom is -0.491 e. The van der Waals surface area contributed by atoms with E-state index in [9.17, 15) is 5.11 Å². The zero-order valence-electron chi connectivity index (χ0n) is 11.9. The molecule has 0 radical (unpaired) electrons. The number of ether oxygens (including phenoxy) is 1. The molecule has 1 fully saturated rings. The van der Waals surface area contributed by atoms with E-state index >= 15 is 0 Å². The Kier molecular flexibility index (Phi) is 6.10. The molecule has 0 spiro atoms. The molecule has 112 valence electrons. The number of nitrogens with one attached hydrogen (secondary N) is 1. The van der Waals surface area contributed by atoms with Crippen molar-refractivity contribution in [1.82, 2.24) is 10.2 Å². The number of rotatable bonds is 6. The lowest BCUT2D eigenvalue weighted by molar-refractivity contribution is 0.0996. The summed E-state index contributed by atoms with van der Waals surface area (Å²) < 4.78 is 5.52. The first kappa shape index (κ1) is 15.6. The van der Waals surface area contributed by atoms with Crippen molar-refractivity contribution >= 4 is 11.6 Å². The first-order valence-corrected chi connectivity index (χ1v) is 7.49. The first-order chi connectivity index (χ1) is 9.63. The minimum absolute atomic E-state index is 0.293. The molecule has 2 N–H and O–H groups in total. The van der Waals surface area contributed by atoms with Crippen LogP contribution in [0, 0.1) is 0 Å². The summed E-state index contributed by atoms with van der Waals surface area (Å²) in [5, 5.41) is 14.0. The number of aliphatic hydroxyl groups excluding tert-OH is 1. The highest BCUT2D eigenvalue weighted by Crippen LogP contribution is 2.15. The van der Waals surface area contributed by atoms with Crippen LogP contribution < -0.4 is 10.1 Å². The van der Waals surface area contributed by atoms with Crippen LogP contribution >= 0.6 is 11.6 Å². The van der Waals surface area contributed by atoms with E-state index in [0.717, 1.165) is 31.7 Å². The molecule has 1 aliphatic rings. The van der Waals surface area contributed by atoms with Crippen molar-refractivity contribution in [3.8, 4) is 5.75 Å². The smallest absolute Gasteiger partial charge is 0.119 e. The molecule has 0 amide bonds. The summed E-state index contributed by atoms with van der Waals surface area (Å²) in [7, 11) is 2.14. The first-order valence-electron chi connectivity index (χ1n) is 7.12. The van der Waals surface area contributed by atoms with Crippen molar-refractivity contribution in [2.24, 2.45) is 0 Å². The van der Waals surface area contributed by atoms with Gasteiger partial charge >= 0.3 is 0 Å². The van der Waals surface area contributed by atoms with Gasteiger partial charge in [0.2, 0.25) is 0 Å². The molecule has 1 aromatic rings. The molecule has 1 atom stereocenters. The second-order valence-electron chi connectivity index (χ2n) is 5.40. The van der Waals surface area contributed by atoms with Crippen LogP contribution in [-0.2, 0) is 0 Å².